The predicted octanol–water partition coefficient (Wildman–Crippen LogP) is 3.50. The molecule has 2 aromatic rings. The Kier molecular flexibility index (Phi) is 6.49. The van der Waals surface area contributed by atoms with Crippen molar-refractivity contribution in [3.8, 4) is 11.1 Å². The van der Waals surface area contributed by atoms with Gasteiger partial charge in [0.1, 0.15) is 0 Å². The van der Waals surface area contributed by atoms with Crippen LogP contribution in [0.2, 0.25) is 0 Å². The summed E-state index contributed by atoms with van der Waals surface area (Å²) >= 11 is 0. The van der Waals surface area contributed by atoms with Crippen LogP contribution in [-0.4, -0.2) is 44.4 Å². The standard InChI is InChI=1S/C21H26N2O4S/c1-3-23(15-20-5-4-14-27-20)28(25,26)21-12-8-18(9-13-21)17-6-10-19(11-7-17)22-16(2)24/h6-13,20H,3-5,14-15H2,1-2H3,(H,22,24)/t20-/m1/s1. The molecule has 28 heavy (non-hydrogen) atoms. The van der Waals surface area contributed by atoms with E-state index in [1.807, 2.05) is 31.2 Å². The Morgan fingerprint density at radius 3 is 2.21 bits per heavy atom. The molecule has 7 heteroatoms. The van der Waals surface area contributed by atoms with Gasteiger partial charge in [-0.15, -0.1) is 0 Å². The number of amides is 1. The number of hydrogen-bond donors (Lipinski definition) is 1. The number of carbonyl (C=O) groups excluding carboxylic acids is 1. The van der Waals surface area contributed by atoms with Gasteiger partial charge in [0.05, 0.1) is 11.0 Å². The van der Waals surface area contributed by atoms with Crippen LogP contribution in [0.1, 0.15) is 26.7 Å². The Labute approximate surface area is 166 Å². The zero-order valence-electron chi connectivity index (χ0n) is 16.2. The van der Waals surface area contributed by atoms with Crippen molar-refractivity contribution in [3.63, 3.8) is 0 Å². The van der Waals surface area contributed by atoms with Gasteiger partial charge < -0.3 is 10.1 Å². The molecule has 6 nitrogen and oxygen atoms in total. The van der Waals surface area contributed by atoms with Crippen molar-refractivity contribution in [1.82, 2.24) is 4.31 Å². The van der Waals surface area contributed by atoms with Crippen LogP contribution in [0.4, 0.5) is 5.69 Å². The molecule has 0 aliphatic carbocycles. The summed E-state index contributed by atoms with van der Waals surface area (Å²) < 4.78 is 33.0. The van der Waals surface area contributed by atoms with Gasteiger partial charge in [0.15, 0.2) is 0 Å². The van der Waals surface area contributed by atoms with Crippen LogP contribution in [0.3, 0.4) is 0 Å². The second kappa shape index (κ2) is 8.86. The lowest BCUT2D eigenvalue weighted by Gasteiger charge is -2.23. The summed E-state index contributed by atoms with van der Waals surface area (Å²) in [6.07, 6.45) is 1.87. The maximum Gasteiger partial charge on any atom is 0.243 e. The number of rotatable bonds is 7. The Morgan fingerprint density at radius 2 is 1.71 bits per heavy atom. The first-order chi connectivity index (χ1) is 13.4. The minimum Gasteiger partial charge on any atom is -0.377 e. The van der Waals surface area contributed by atoms with Crippen LogP contribution in [0.5, 0.6) is 0 Å². The first kappa shape index (κ1) is 20.5. The van der Waals surface area contributed by atoms with Gasteiger partial charge in [-0.2, -0.15) is 4.31 Å². The van der Waals surface area contributed by atoms with Crippen molar-refractivity contribution in [2.45, 2.75) is 37.7 Å². The van der Waals surface area contributed by atoms with Gasteiger partial charge in [-0.1, -0.05) is 31.2 Å². The molecule has 1 fully saturated rings. The summed E-state index contributed by atoms with van der Waals surface area (Å²) in [6.45, 7) is 4.82. The molecule has 0 saturated carbocycles. The molecule has 1 N–H and O–H groups in total. The maximum atomic E-state index is 13.0. The van der Waals surface area contributed by atoms with E-state index in [0.29, 0.717) is 19.7 Å². The Bertz CT molecular complexity index is 902. The van der Waals surface area contributed by atoms with Crippen LogP contribution in [0, 0.1) is 0 Å². The molecule has 0 unspecified atom stereocenters. The van der Waals surface area contributed by atoms with Gasteiger partial charge in [-0.25, -0.2) is 8.42 Å². The van der Waals surface area contributed by atoms with Gasteiger partial charge in [-0.3, -0.25) is 4.79 Å². The van der Waals surface area contributed by atoms with E-state index in [0.717, 1.165) is 29.7 Å². The third-order valence-corrected chi connectivity index (χ3v) is 6.77. The second-order valence-corrected chi connectivity index (χ2v) is 8.81. The average Bonchev–Trinajstić information content (AvgIpc) is 3.19. The fraction of sp³-hybridized carbons (Fsp3) is 0.381. The number of benzene rings is 2. The van der Waals surface area contributed by atoms with Crippen molar-refractivity contribution in [2.75, 3.05) is 25.0 Å². The highest BCUT2D eigenvalue weighted by Gasteiger charge is 2.27. The first-order valence-corrected chi connectivity index (χ1v) is 10.9. The molecular formula is C21H26N2O4S. The van der Waals surface area contributed by atoms with Crippen LogP contribution < -0.4 is 5.32 Å². The number of sulfonamides is 1. The van der Waals surface area contributed by atoms with E-state index in [1.165, 1.54) is 11.2 Å². The highest BCUT2D eigenvalue weighted by molar-refractivity contribution is 7.89. The van der Waals surface area contributed by atoms with Crippen molar-refractivity contribution < 1.29 is 17.9 Å². The van der Waals surface area contributed by atoms with Crippen molar-refractivity contribution in [3.05, 3.63) is 48.5 Å². The zero-order chi connectivity index (χ0) is 20.1. The van der Waals surface area contributed by atoms with Crippen LogP contribution in [-0.2, 0) is 19.6 Å². The van der Waals surface area contributed by atoms with Crippen LogP contribution >= 0.6 is 0 Å². The smallest absolute Gasteiger partial charge is 0.243 e. The molecule has 0 spiro atoms. The number of hydrogen-bond acceptors (Lipinski definition) is 4. The molecule has 1 heterocycles. The highest BCUT2D eigenvalue weighted by atomic mass is 32.2. The van der Waals surface area contributed by atoms with Gasteiger partial charge in [0, 0.05) is 32.3 Å². The normalized spacial score (nSPS) is 17.0. The Hall–Kier alpha value is -2.22. The van der Waals surface area contributed by atoms with Crippen molar-refractivity contribution in [1.29, 1.82) is 0 Å². The minimum absolute atomic E-state index is 0.0175. The van der Waals surface area contributed by atoms with Crippen molar-refractivity contribution in [2.24, 2.45) is 0 Å². The molecule has 0 bridgehead atoms. The summed E-state index contributed by atoms with van der Waals surface area (Å²) in [4.78, 5) is 11.4. The zero-order valence-corrected chi connectivity index (χ0v) is 17.0. The maximum absolute atomic E-state index is 13.0. The van der Waals surface area contributed by atoms with E-state index in [1.54, 1.807) is 24.3 Å². The lowest BCUT2D eigenvalue weighted by Crippen LogP contribution is -2.37. The highest BCUT2D eigenvalue weighted by Crippen LogP contribution is 2.25. The third-order valence-electron chi connectivity index (χ3n) is 4.81. The summed E-state index contributed by atoms with van der Waals surface area (Å²) in [6, 6.07) is 14.3. The van der Waals surface area contributed by atoms with Gasteiger partial charge in [-0.05, 0) is 48.2 Å². The first-order valence-electron chi connectivity index (χ1n) is 9.50. The fourth-order valence-corrected chi connectivity index (χ4v) is 4.81. The van der Waals surface area contributed by atoms with E-state index in [9.17, 15) is 13.2 Å². The number of nitrogens with one attached hydrogen (secondary N) is 1. The molecule has 3 rings (SSSR count). The van der Waals surface area contributed by atoms with Gasteiger partial charge in [0.2, 0.25) is 15.9 Å². The molecule has 1 saturated heterocycles. The van der Waals surface area contributed by atoms with E-state index >= 15 is 0 Å². The lowest BCUT2D eigenvalue weighted by atomic mass is 10.1. The van der Waals surface area contributed by atoms with Crippen molar-refractivity contribution >= 4 is 21.6 Å². The molecule has 1 aliphatic rings. The van der Waals surface area contributed by atoms with E-state index in [-0.39, 0.29) is 16.9 Å². The van der Waals surface area contributed by atoms with Gasteiger partial charge >= 0.3 is 0 Å². The predicted molar refractivity (Wildman–Crippen MR) is 110 cm³/mol. The number of likely N-dealkylation sites (N-methyl/N-ethyl adjacent to an activating group) is 1. The van der Waals surface area contributed by atoms with E-state index in [4.69, 9.17) is 4.74 Å². The lowest BCUT2D eigenvalue weighted by molar-refractivity contribution is -0.114. The molecule has 1 amide bonds. The van der Waals surface area contributed by atoms with Crippen LogP contribution in [0.25, 0.3) is 11.1 Å². The molecule has 2 aromatic carbocycles. The molecule has 150 valence electrons. The number of anilines is 1. The summed E-state index contributed by atoms with van der Waals surface area (Å²) in [5.41, 5.74) is 2.59. The number of nitrogens with zero attached hydrogens (tertiary/aromatic N) is 1. The molecule has 1 atom stereocenters. The molecular weight excluding hydrogens is 376 g/mol. The average molecular weight is 403 g/mol. The third kappa shape index (κ3) is 4.79. The largest absolute Gasteiger partial charge is 0.377 e. The topological polar surface area (TPSA) is 75.7 Å². The molecule has 0 aromatic heterocycles. The fourth-order valence-electron chi connectivity index (χ4n) is 3.33. The summed E-state index contributed by atoms with van der Waals surface area (Å²) in [5, 5.41) is 2.73. The monoisotopic (exact) mass is 402 g/mol. The van der Waals surface area contributed by atoms with E-state index < -0.39 is 10.0 Å². The SMILES string of the molecule is CCN(C[C@H]1CCCO1)S(=O)(=O)c1ccc(-c2ccc(NC(C)=O)cc2)cc1. The Balaban J connectivity index is 1.75. The summed E-state index contributed by atoms with van der Waals surface area (Å²) in [7, 11) is -3.55. The number of carbonyl (C=O) groups is 1. The second-order valence-electron chi connectivity index (χ2n) is 6.87. The number of ether oxygens (including phenoxy) is 1. The van der Waals surface area contributed by atoms with E-state index in [2.05, 4.69) is 5.32 Å². The molecule has 1 aliphatic heterocycles. The minimum atomic E-state index is -3.55. The Morgan fingerprint density at radius 1 is 1.11 bits per heavy atom. The van der Waals surface area contributed by atoms with Gasteiger partial charge in [0.25, 0.3) is 0 Å². The molecule has 0 radical (unpaired) electrons. The summed E-state index contributed by atoms with van der Waals surface area (Å²) in [5.74, 6) is -0.120. The quantitative estimate of drug-likeness (QED) is 0.769. The van der Waals surface area contributed by atoms with Crippen LogP contribution in [0.15, 0.2) is 53.4 Å².